The second kappa shape index (κ2) is 8.75. The van der Waals surface area contributed by atoms with E-state index in [1.165, 1.54) is 35.7 Å². The number of benzene rings is 1. The Morgan fingerprint density at radius 2 is 1.96 bits per heavy atom. The van der Waals surface area contributed by atoms with Gasteiger partial charge in [0.25, 0.3) is 5.91 Å². The summed E-state index contributed by atoms with van der Waals surface area (Å²) in [6.07, 6.45) is 8.09. The molecule has 0 heterocycles. The first-order valence-electron chi connectivity index (χ1n) is 9.31. The highest BCUT2D eigenvalue weighted by atomic mass is 32.2. The number of carbonyl (C=O) groups is 2. The molecule has 2 aliphatic carbocycles. The van der Waals surface area contributed by atoms with Crippen molar-refractivity contribution in [2.75, 3.05) is 12.4 Å². The van der Waals surface area contributed by atoms with Crippen molar-refractivity contribution < 1.29 is 14.3 Å². The number of thioether (sulfide) groups is 1. The number of amides is 1. The second-order valence-electron chi connectivity index (χ2n) is 7.17. The van der Waals surface area contributed by atoms with Crippen molar-refractivity contribution in [1.29, 1.82) is 0 Å². The third-order valence-electron chi connectivity index (χ3n) is 5.25. The van der Waals surface area contributed by atoms with Crippen LogP contribution in [0.15, 0.2) is 23.1 Å². The zero-order valence-corrected chi connectivity index (χ0v) is 15.7. The Morgan fingerprint density at radius 1 is 1.16 bits per heavy atom. The van der Waals surface area contributed by atoms with Gasteiger partial charge in [0.1, 0.15) is 0 Å². The van der Waals surface area contributed by atoms with Crippen molar-refractivity contribution in [3.05, 3.63) is 29.3 Å². The number of fused-ring (bicyclic) bond motifs is 1. The van der Waals surface area contributed by atoms with Gasteiger partial charge in [0, 0.05) is 10.9 Å². The minimum Gasteiger partial charge on any atom is -0.455 e. The van der Waals surface area contributed by atoms with E-state index in [-0.39, 0.29) is 30.3 Å². The van der Waals surface area contributed by atoms with Crippen LogP contribution in [0.25, 0.3) is 0 Å². The largest absolute Gasteiger partial charge is 0.455 e. The van der Waals surface area contributed by atoms with Crippen LogP contribution in [0.1, 0.15) is 50.2 Å². The predicted molar refractivity (Wildman–Crippen MR) is 99.7 cm³/mol. The molecule has 136 valence electrons. The SMILES string of the molecule is C[C@@H]1CCCC[C@H]1NC(=O)COC(=O)CSc1ccc2c(c1)CCC2. The summed E-state index contributed by atoms with van der Waals surface area (Å²) in [4.78, 5) is 25.0. The Morgan fingerprint density at radius 3 is 2.80 bits per heavy atom. The highest BCUT2D eigenvalue weighted by molar-refractivity contribution is 8.00. The van der Waals surface area contributed by atoms with Crippen LogP contribution in [-0.2, 0) is 27.2 Å². The highest BCUT2D eigenvalue weighted by Crippen LogP contribution is 2.27. The normalized spacial score (nSPS) is 22.3. The molecule has 1 aromatic carbocycles. The molecule has 0 radical (unpaired) electrons. The van der Waals surface area contributed by atoms with E-state index in [9.17, 15) is 9.59 Å². The molecule has 0 bridgehead atoms. The number of nitrogens with one attached hydrogen (secondary N) is 1. The zero-order valence-electron chi connectivity index (χ0n) is 14.9. The molecule has 3 rings (SSSR count). The third kappa shape index (κ3) is 5.24. The smallest absolute Gasteiger partial charge is 0.316 e. The molecule has 5 heteroatoms. The maximum Gasteiger partial charge on any atom is 0.316 e. The van der Waals surface area contributed by atoms with Crippen molar-refractivity contribution in [3.8, 4) is 0 Å². The molecule has 1 amide bonds. The minimum atomic E-state index is -0.336. The van der Waals surface area contributed by atoms with E-state index < -0.39 is 0 Å². The molecule has 25 heavy (non-hydrogen) atoms. The van der Waals surface area contributed by atoms with Crippen molar-refractivity contribution >= 4 is 23.6 Å². The Labute approximate surface area is 154 Å². The maximum absolute atomic E-state index is 12.0. The van der Waals surface area contributed by atoms with E-state index in [1.54, 1.807) is 0 Å². The molecule has 4 nitrogen and oxygen atoms in total. The average Bonchev–Trinajstić information content (AvgIpc) is 3.08. The summed E-state index contributed by atoms with van der Waals surface area (Å²) in [5, 5.41) is 3.00. The summed E-state index contributed by atoms with van der Waals surface area (Å²) in [6, 6.07) is 6.63. The summed E-state index contributed by atoms with van der Waals surface area (Å²) in [5.41, 5.74) is 2.83. The predicted octanol–water partition coefficient (Wildman–Crippen LogP) is 3.51. The number of aryl methyl sites for hydroxylation is 2. The molecule has 0 aromatic heterocycles. The monoisotopic (exact) mass is 361 g/mol. The lowest BCUT2D eigenvalue weighted by Gasteiger charge is -2.29. The van der Waals surface area contributed by atoms with Crippen LogP contribution in [0.4, 0.5) is 0 Å². The van der Waals surface area contributed by atoms with Gasteiger partial charge in [0.15, 0.2) is 6.61 Å². The first-order valence-corrected chi connectivity index (χ1v) is 10.3. The first-order chi connectivity index (χ1) is 12.1. The molecule has 1 N–H and O–H groups in total. The van der Waals surface area contributed by atoms with E-state index >= 15 is 0 Å². The summed E-state index contributed by atoms with van der Waals surface area (Å²) in [6.45, 7) is 2.00. The van der Waals surface area contributed by atoms with Crippen LogP contribution in [0.2, 0.25) is 0 Å². The molecule has 2 aliphatic rings. The molecular weight excluding hydrogens is 334 g/mol. The van der Waals surface area contributed by atoms with E-state index in [0.29, 0.717) is 5.92 Å². The minimum absolute atomic E-state index is 0.174. The van der Waals surface area contributed by atoms with Crippen LogP contribution < -0.4 is 5.32 Å². The number of rotatable bonds is 6. The Hall–Kier alpha value is -1.49. The molecular formula is C20H27NO3S. The summed E-state index contributed by atoms with van der Waals surface area (Å²) in [7, 11) is 0. The third-order valence-corrected chi connectivity index (χ3v) is 6.22. The Bertz CT molecular complexity index is 631. The molecule has 1 aromatic rings. The Kier molecular flexibility index (Phi) is 6.40. The lowest BCUT2D eigenvalue weighted by atomic mass is 9.86. The molecule has 0 unspecified atom stereocenters. The van der Waals surface area contributed by atoms with Gasteiger partial charge in [-0.3, -0.25) is 9.59 Å². The van der Waals surface area contributed by atoms with Gasteiger partial charge >= 0.3 is 5.97 Å². The van der Waals surface area contributed by atoms with Gasteiger partial charge < -0.3 is 10.1 Å². The van der Waals surface area contributed by atoms with Gasteiger partial charge in [-0.25, -0.2) is 0 Å². The first kappa shape index (κ1) is 18.3. The topological polar surface area (TPSA) is 55.4 Å². The lowest BCUT2D eigenvalue weighted by molar-refractivity contribution is -0.146. The summed E-state index contributed by atoms with van der Waals surface area (Å²) in [5.74, 6) is 0.224. The number of carbonyl (C=O) groups excluding carboxylic acids is 2. The fourth-order valence-corrected chi connectivity index (χ4v) is 4.50. The summed E-state index contributed by atoms with van der Waals surface area (Å²) >= 11 is 1.48. The van der Waals surface area contributed by atoms with Crippen LogP contribution in [0, 0.1) is 5.92 Å². The second-order valence-corrected chi connectivity index (χ2v) is 8.22. The lowest BCUT2D eigenvalue weighted by Crippen LogP contribution is -2.43. The highest BCUT2D eigenvalue weighted by Gasteiger charge is 2.23. The average molecular weight is 362 g/mol. The van der Waals surface area contributed by atoms with Crippen molar-refractivity contribution in [1.82, 2.24) is 5.32 Å². The van der Waals surface area contributed by atoms with Crippen molar-refractivity contribution in [3.63, 3.8) is 0 Å². The molecule has 1 saturated carbocycles. The number of esters is 1. The number of ether oxygens (including phenoxy) is 1. The van der Waals surface area contributed by atoms with Crippen LogP contribution >= 0.6 is 11.8 Å². The van der Waals surface area contributed by atoms with E-state index in [1.807, 2.05) is 0 Å². The van der Waals surface area contributed by atoms with Gasteiger partial charge in [0.05, 0.1) is 5.75 Å². The van der Waals surface area contributed by atoms with Crippen LogP contribution in [-0.4, -0.2) is 30.3 Å². The van der Waals surface area contributed by atoms with E-state index in [0.717, 1.165) is 37.0 Å². The van der Waals surface area contributed by atoms with Gasteiger partial charge in [-0.1, -0.05) is 25.8 Å². The zero-order chi connectivity index (χ0) is 17.6. The van der Waals surface area contributed by atoms with E-state index in [2.05, 4.69) is 30.4 Å². The quantitative estimate of drug-likeness (QED) is 0.622. The van der Waals surface area contributed by atoms with Gasteiger partial charge in [0.2, 0.25) is 0 Å². The molecule has 0 spiro atoms. The van der Waals surface area contributed by atoms with Crippen LogP contribution in [0.3, 0.4) is 0 Å². The maximum atomic E-state index is 12.0. The Balaban J connectivity index is 1.37. The van der Waals surface area contributed by atoms with Gasteiger partial charge in [-0.05, 0) is 61.3 Å². The van der Waals surface area contributed by atoms with Crippen molar-refractivity contribution in [2.45, 2.75) is 62.8 Å². The molecule has 2 atom stereocenters. The standard InChI is InChI=1S/C20H27NO3S/c1-14-5-2-3-8-18(14)21-19(22)12-24-20(23)13-25-17-10-9-15-6-4-7-16(15)11-17/h9-11,14,18H,2-8,12-13H2,1H3,(H,21,22)/t14-,18-/m1/s1. The summed E-state index contributed by atoms with van der Waals surface area (Å²) < 4.78 is 5.12. The molecule has 0 aliphatic heterocycles. The van der Waals surface area contributed by atoms with Crippen molar-refractivity contribution in [2.24, 2.45) is 5.92 Å². The number of hydrogen-bond donors (Lipinski definition) is 1. The molecule has 1 fully saturated rings. The van der Waals surface area contributed by atoms with Crippen LogP contribution in [0.5, 0.6) is 0 Å². The fourth-order valence-electron chi connectivity index (χ4n) is 3.75. The van der Waals surface area contributed by atoms with Gasteiger partial charge in [-0.2, -0.15) is 0 Å². The van der Waals surface area contributed by atoms with Gasteiger partial charge in [-0.15, -0.1) is 11.8 Å². The number of hydrogen-bond acceptors (Lipinski definition) is 4. The fraction of sp³-hybridized carbons (Fsp3) is 0.600. The molecule has 0 saturated heterocycles. The van der Waals surface area contributed by atoms with E-state index in [4.69, 9.17) is 4.74 Å².